The number of nitrogens with zero attached hydrogens (tertiary/aromatic N) is 1. The molecule has 0 amide bonds. The predicted octanol–water partition coefficient (Wildman–Crippen LogP) is 1.75. The first kappa shape index (κ1) is 14.3. The first-order valence-corrected chi connectivity index (χ1v) is 8.51. The molecule has 0 saturated carbocycles. The zero-order valence-electron chi connectivity index (χ0n) is 11.4. The lowest BCUT2D eigenvalue weighted by molar-refractivity contribution is 0.174. The average Bonchev–Trinajstić information content (AvgIpc) is 2.37. The van der Waals surface area contributed by atoms with Crippen molar-refractivity contribution < 1.29 is 13.5 Å². The molecule has 0 radical (unpaired) electrons. The number of rotatable bonds is 3. The van der Waals surface area contributed by atoms with Crippen LogP contribution in [0.3, 0.4) is 0 Å². The van der Waals surface area contributed by atoms with Crippen LogP contribution in [0.25, 0.3) is 0 Å². The van der Waals surface area contributed by atoms with Crippen molar-refractivity contribution in [1.29, 1.82) is 0 Å². The molecule has 5 heteroatoms. The molecule has 1 N–H and O–H groups in total. The van der Waals surface area contributed by atoms with E-state index in [4.69, 9.17) is 0 Å². The fourth-order valence-corrected chi connectivity index (χ4v) is 4.16. The molecule has 0 spiro atoms. The Bertz CT molecular complexity index is 541. The Morgan fingerprint density at radius 2 is 2.11 bits per heavy atom. The van der Waals surface area contributed by atoms with Gasteiger partial charge in [-0.25, -0.2) is 8.42 Å². The number of aliphatic hydroxyl groups excluding tert-OH is 1. The highest BCUT2D eigenvalue weighted by Crippen LogP contribution is 2.30. The maximum Gasteiger partial charge on any atom is 0.154 e. The van der Waals surface area contributed by atoms with Gasteiger partial charge < -0.3 is 10.0 Å². The van der Waals surface area contributed by atoms with Gasteiger partial charge in [0.2, 0.25) is 0 Å². The molecule has 1 aliphatic rings. The number of sulfone groups is 1. The molecule has 1 saturated heterocycles. The molecule has 19 heavy (non-hydrogen) atoms. The highest BCUT2D eigenvalue weighted by Gasteiger charge is 2.29. The van der Waals surface area contributed by atoms with Gasteiger partial charge >= 0.3 is 0 Å². The number of hydrogen-bond acceptors (Lipinski definition) is 4. The summed E-state index contributed by atoms with van der Waals surface area (Å²) in [4.78, 5) is 2.09. The van der Waals surface area contributed by atoms with Gasteiger partial charge in [-0.05, 0) is 19.4 Å². The third kappa shape index (κ3) is 3.09. The Hall–Kier alpha value is -1.07. The van der Waals surface area contributed by atoms with E-state index in [9.17, 15) is 13.5 Å². The van der Waals surface area contributed by atoms with Crippen molar-refractivity contribution >= 4 is 15.5 Å². The molecule has 0 bridgehead atoms. The molecule has 2 rings (SSSR count). The van der Waals surface area contributed by atoms with Crippen LogP contribution >= 0.6 is 0 Å². The number of hydrogen-bond donors (Lipinski definition) is 1. The molecule has 1 aliphatic heterocycles. The fourth-order valence-electron chi connectivity index (χ4n) is 2.61. The van der Waals surface area contributed by atoms with Crippen LogP contribution < -0.4 is 4.90 Å². The van der Waals surface area contributed by atoms with Crippen LogP contribution in [0.15, 0.2) is 24.3 Å². The van der Waals surface area contributed by atoms with Gasteiger partial charge in [0.05, 0.1) is 17.6 Å². The smallest absolute Gasteiger partial charge is 0.154 e. The largest absolute Gasteiger partial charge is 0.388 e. The van der Waals surface area contributed by atoms with Gasteiger partial charge in [0.25, 0.3) is 0 Å². The van der Waals surface area contributed by atoms with Crippen LogP contribution in [0.1, 0.15) is 31.9 Å². The number of para-hydroxylation sites is 1. The highest BCUT2D eigenvalue weighted by molar-refractivity contribution is 7.91. The molecule has 0 aromatic heterocycles. The minimum absolute atomic E-state index is 0.0519. The Labute approximate surface area is 115 Å². The number of aliphatic hydroxyl groups is 1. The van der Waals surface area contributed by atoms with Crippen molar-refractivity contribution in [2.45, 2.75) is 32.4 Å². The first-order valence-electron chi connectivity index (χ1n) is 6.68. The molecule has 1 fully saturated rings. The summed E-state index contributed by atoms with van der Waals surface area (Å²) in [5.41, 5.74) is 1.84. The maximum absolute atomic E-state index is 11.6. The van der Waals surface area contributed by atoms with Gasteiger partial charge in [-0.15, -0.1) is 0 Å². The molecule has 4 nitrogen and oxygen atoms in total. The van der Waals surface area contributed by atoms with E-state index in [1.54, 1.807) is 0 Å². The van der Waals surface area contributed by atoms with E-state index in [-0.39, 0.29) is 17.5 Å². The van der Waals surface area contributed by atoms with Crippen molar-refractivity contribution in [3.63, 3.8) is 0 Å². The minimum Gasteiger partial charge on any atom is -0.388 e. The summed E-state index contributed by atoms with van der Waals surface area (Å²) in [6.07, 6.45) is 0.152. The second kappa shape index (κ2) is 5.51. The predicted molar refractivity (Wildman–Crippen MR) is 77.2 cm³/mol. The van der Waals surface area contributed by atoms with Gasteiger partial charge in [0, 0.05) is 23.8 Å². The van der Waals surface area contributed by atoms with E-state index >= 15 is 0 Å². The monoisotopic (exact) mass is 283 g/mol. The normalized spacial score (nSPS) is 24.2. The van der Waals surface area contributed by atoms with E-state index in [1.165, 1.54) is 0 Å². The zero-order chi connectivity index (χ0) is 14.0. The number of benzene rings is 1. The summed E-state index contributed by atoms with van der Waals surface area (Å²) in [6, 6.07) is 7.66. The highest BCUT2D eigenvalue weighted by atomic mass is 32.2. The summed E-state index contributed by atoms with van der Waals surface area (Å²) in [5.74, 6) is 0.372. The summed E-state index contributed by atoms with van der Waals surface area (Å²) in [6.45, 7) is 4.36. The minimum atomic E-state index is -2.92. The van der Waals surface area contributed by atoms with Gasteiger partial charge in [-0.2, -0.15) is 0 Å². The molecule has 1 aromatic rings. The lowest BCUT2D eigenvalue weighted by atomic mass is 10.0. The van der Waals surface area contributed by atoms with Crippen LogP contribution in [-0.2, 0) is 9.84 Å². The van der Waals surface area contributed by atoms with Crippen molar-refractivity contribution in [3.05, 3.63) is 29.8 Å². The van der Waals surface area contributed by atoms with Gasteiger partial charge in [0.15, 0.2) is 9.84 Å². The molecular formula is C14H21NO3S. The topological polar surface area (TPSA) is 57.6 Å². The van der Waals surface area contributed by atoms with E-state index in [2.05, 4.69) is 4.90 Å². The standard InChI is InChI=1S/C14H21NO3S/c1-3-14(16)12-6-4-5-7-13(12)15-8-9-19(17,18)10-11(15)2/h4-7,11,14,16H,3,8-10H2,1-2H3/t11?,14-/m0/s1. The quantitative estimate of drug-likeness (QED) is 0.918. The maximum atomic E-state index is 11.6. The fraction of sp³-hybridized carbons (Fsp3) is 0.571. The third-order valence-corrected chi connectivity index (χ3v) is 5.46. The Morgan fingerprint density at radius 3 is 2.74 bits per heavy atom. The second-order valence-corrected chi connectivity index (χ2v) is 7.37. The molecule has 1 aromatic carbocycles. The van der Waals surface area contributed by atoms with Crippen molar-refractivity contribution in [1.82, 2.24) is 0 Å². The van der Waals surface area contributed by atoms with Crippen molar-refractivity contribution in [2.75, 3.05) is 23.0 Å². The van der Waals surface area contributed by atoms with Crippen LogP contribution in [-0.4, -0.2) is 37.6 Å². The Balaban J connectivity index is 2.32. The lowest BCUT2D eigenvalue weighted by Gasteiger charge is -2.36. The Kier molecular flexibility index (Phi) is 4.16. The van der Waals surface area contributed by atoms with E-state index in [1.807, 2.05) is 38.1 Å². The first-order chi connectivity index (χ1) is 8.94. The van der Waals surface area contributed by atoms with Crippen LogP contribution in [0.2, 0.25) is 0 Å². The summed E-state index contributed by atoms with van der Waals surface area (Å²) in [7, 11) is -2.92. The second-order valence-electron chi connectivity index (χ2n) is 5.14. The average molecular weight is 283 g/mol. The van der Waals surface area contributed by atoms with Crippen LogP contribution in [0.5, 0.6) is 0 Å². The SMILES string of the molecule is CC[C@H](O)c1ccccc1N1CCS(=O)(=O)CC1C. The van der Waals surface area contributed by atoms with Crippen molar-refractivity contribution in [3.8, 4) is 0 Å². The molecule has 106 valence electrons. The molecule has 2 atom stereocenters. The van der Waals surface area contributed by atoms with Crippen LogP contribution in [0.4, 0.5) is 5.69 Å². The van der Waals surface area contributed by atoms with Gasteiger partial charge in [-0.1, -0.05) is 25.1 Å². The molecule has 1 heterocycles. The molecule has 1 unspecified atom stereocenters. The Morgan fingerprint density at radius 1 is 1.42 bits per heavy atom. The summed E-state index contributed by atoms with van der Waals surface area (Å²) in [5, 5.41) is 10.1. The van der Waals surface area contributed by atoms with E-state index < -0.39 is 15.9 Å². The zero-order valence-corrected chi connectivity index (χ0v) is 12.2. The lowest BCUT2D eigenvalue weighted by Crippen LogP contribution is -2.47. The van der Waals surface area contributed by atoms with Gasteiger partial charge in [-0.3, -0.25) is 0 Å². The van der Waals surface area contributed by atoms with Gasteiger partial charge in [0.1, 0.15) is 0 Å². The summed E-state index contributed by atoms with van der Waals surface area (Å²) < 4.78 is 23.3. The number of anilines is 1. The summed E-state index contributed by atoms with van der Waals surface area (Å²) >= 11 is 0. The van der Waals surface area contributed by atoms with E-state index in [0.717, 1.165) is 11.3 Å². The molecule has 0 aliphatic carbocycles. The molecular weight excluding hydrogens is 262 g/mol. The third-order valence-electron chi connectivity index (χ3n) is 3.66. The van der Waals surface area contributed by atoms with Crippen molar-refractivity contribution in [2.24, 2.45) is 0 Å². The van der Waals surface area contributed by atoms with E-state index in [0.29, 0.717) is 13.0 Å². The van der Waals surface area contributed by atoms with Crippen LogP contribution in [0, 0.1) is 0 Å².